The first-order valence-electron chi connectivity index (χ1n) is 9.91. The fourth-order valence-electron chi connectivity index (χ4n) is 4.60. The molecule has 0 aliphatic carbocycles. The molecule has 3 atom stereocenters. The molecule has 0 N–H and O–H groups in total. The van der Waals surface area contributed by atoms with Crippen molar-refractivity contribution in [3.8, 4) is 0 Å². The van der Waals surface area contributed by atoms with Crippen LogP contribution in [0.1, 0.15) is 42.8 Å². The van der Waals surface area contributed by atoms with Gasteiger partial charge in [-0.2, -0.15) is 4.39 Å². The van der Waals surface area contributed by atoms with Gasteiger partial charge >= 0.3 is 6.09 Å². The van der Waals surface area contributed by atoms with Crippen molar-refractivity contribution in [2.45, 2.75) is 44.0 Å². The quantitative estimate of drug-likeness (QED) is 0.742. The van der Waals surface area contributed by atoms with Crippen LogP contribution >= 0.6 is 0 Å². The van der Waals surface area contributed by atoms with E-state index in [2.05, 4.69) is 5.16 Å². The highest BCUT2D eigenvalue weighted by molar-refractivity contribution is 6.03. The lowest BCUT2D eigenvalue weighted by atomic mass is 9.89. The largest absolute Gasteiger partial charge is 0.447 e. The lowest BCUT2D eigenvalue weighted by molar-refractivity contribution is -0.194. The minimum atomic E-state index is -1.22. The predicted octanol–water partition coefficient (Wildman–Crippen LogP) is 3.07. The van der Waals surface area contributed by atoms with Crippen molar-refractivity contribution >= 4 is 22.9 Å². The van der Waals surface area contributed by atoms with E-state index in [4.69, 9.17) is 28.2 Å². The molecule has 1 aromatic heterocycles. The molecular formula is C19H18F2N2O7. The second-order valence-electron chi connectivity index (χ2n) is 7.61. The summed E-state index contributed by atoms with van der Waals surface area (Å²) in [5, 5.41) is 4.00. The van der Waals surface area contributed by atoms with Crippen LogP contribution in [0.15, 0.2) is 4.52 Å². The van der Waals surface area contributed by atoms with Gasteiger partial charge in [-0.15, -0.1) is 0 Å². The molecular weight excluding hydrogens is 406 g/mol. The third-order valence-corrected chi connectivity index (χ3v) is 5.92. The number of aromatic nitrogens is 1. The van der Waals surface area contributed by atoms with Crippen molar-refractivity contribution in [1.82, 2.24) is 5.16 Å². The second kappa shape index (κ2) is 6.84. The van der Waals surface area contributed by atoms with E-state index in [-0.39, 0.29) is 36.6 Å². The smallest absolute Gasteiger partial charge is 0.416 e. The summed E-state index contributed by atoms with van der Waals surface area (Å²) in [5.41, 5.74) is -0.210. The molecule has 1 aromatic carbocycles. The highest BCUT2D eigenvalue weighted by Crippen LogP contribution is 2.50. The number of hydrogen-bond donors (Lipinski definition) is 0. The van der Waals surface area contributed by atoms with Gasteiger partial charge in [0.2, 0.25) is 11.4 Å². The van der Waals surface area contributed by atoms with Gasteiger partial charge in [0.15, 0.2) is 24.2 Å². The Morgan fingerprint density at radius 2 is 1.87 bits per heavy atom. The minimum absolute atomic E-state index is 0.00513. The number of rotatable bonds is 3. The van der Waals surface area contributed by atoms with Crippen molar-refractivity contribution in [2.75, 3.05) is 31.3 Å². The third kappa shape index (κ3) is 2.52. The molecule has 6 rings (SSSR count). The summed E-state index contributed by atoms with van der Waals surface area (Å²) in [7, 11) is 0. The van der Waals surface area contributed by atoms with Gasteiger partial charge in [0.1, 0.15) is 18.8 Å². The predicted molar refractivity (Wildman–Crippen MR) is 93.6 cm³/mol. The number of anilines is 1. The monoisotopic (exact) mass is 424 g/mol. The minimum Gasteiger partial charge on any atom is -0.447 e. The summed E-state index contributed by atoms with van der Waals surface area (Å²) in [6, 6.07) is -0.645. The van der Waals surface area contributed by atoms with Gasteiger partial charge in [-0.25, -0.2) is 14.1 Å². The molecule has 11 heteroatoms. The average molecular weight is 424 g/mol. The molecule has 9 nitrogen and oxygen atoms in total. The van der Waals surface area contributed by atoms with Gasteiger partial charge in [-0.05, 0) is 19.3 Å². The Hall–Kier alpha value is -2.34. The van der Waals surface area contributed by atoms with E-state index < -0.39 is 48.0 Å². The summed E-state index contributed by atoms with van der Waals surface area (Å²) in [4.78, 5) is 13.7. The maximum Gasteiger partial charge on any atom is 0.416 e. The molecule has 1 amide bonds. The maximum atomic E-state index is 15.2. The van der Waals surface area contributed by atoms with Crippen LogP contribution in [0.25, 0.3) is 11.0 Å². The fraction of sp³-hybridized carbons (Fsp3) is 0.579. The number of carbonyl (C=O) groups excluding carboxylic acids is 1. The van der Waals surface area contributed by atoms with Crippen molar-refractivity contribution < 1.29 is 41.8 Å². The Morgan fingerprint density at radius 3 is 2.63 bits per heavy atom. The maximum absolute atomic E-state index is 15.2. The van der Waals surface area contributed by atoms with Gasteiger partial charge in [-0.1, -0.05) is 5.16 Å². The van der Waals surface area contributed by atoms with E-state index in [1.54, 1.807) is 0 Å². The summed E-state index contributed by atoms with van der Waals surface area (Å²) >= 11 is 0. The number of benzene rings is 1. The molecule has 30 heavy (non-hydrogen) atoms. The van der Waals surface area contributed by atoms with Crippen molar-refractivity contribution in [3.05, 3.63) is 22.8 Å². The van der Waals surface area contributed by atoms with E-state index in [9.17, 15) is 9.18 Å². The molecule has 1 unspecified atom stereocenters. The van der Waals surface area contributed by atoms with Gasteiger partial charge in [0.25, 0.3) is 0 Å². The van der Waals surface area contributed by atoms with Crippen LogP contribution in [-0.4, -0.2) is 50.0 Å². The number of carbonyl (C=O) groups is 1. The SMILES string of the molecule is O=C1OC[C@@H]2[C@H](OC3CCCCO3)c3c(C4OCCO4)c(F)c(F)c4onc(c34)N12. The molecule has 0 spiro atoms. The number of hydrogen-bond acceptors (Lipinski definition) is 8. The molecule has 3 saturated heterocycles. The Balaban J connectivity index is 1.58. The second-order valence-corrected chi connectivity index (χ2v) is 7.61. The average Bonchev–Trinajstić information content (AvgIpc) is 3.50. The Bertz CT molecular complexity index is 1020. The van der Waals surface area contributed by atoms with Crippen LogP contribution in [0.2, 0.25) is 0 Å². The van der Waals surface area contributed by atoms with Crippen LogP contribution in [0.4, 0.5) is 19.4 Å². The van der Waals surface area contributed by atoms with Crippen molar-refractivity contribution in [2.24, 2.45) is 0 Å². The molecule has 0 radical (unpaired) electrons. The summed E-state index contributed by atoms with van der Waals surface area (Å²) < 4.78 is 63.3. The highest BCUT2D eigenvalue weighted by Gasteiger charge is 2.51. The highest BCUT2D eigenvalue weighted by atomic mass is 19.2. The first kappa shape index (κ1) is 18.4. The summed E-state index contributed by atoms with van der Waals surface area (Å²) in [6.07, 6.45) is -0.705. The number of cyclic esters (lactones) is 1. The van der Waals surface area contributed by atoms with Crippen LogP contribution in [0.5, 0.6) is 0 Å². The molecule has 0 bridgehead atoms. The zero-order valence-corrected chi connectivity index (χ0v) is 15.8. The molecule has 3 fully saturated rings. The normalized spacial score (nSPS) is 28.9. The Kier molecular flexibility index (Phi) is 4.20. The summed E-state index contributed by atoms with van der Waals surface area (Å²) in [5.74, 6) is -2.31. The first-order chi connectivity index (χ1) is 14.6. The van der Waals surface area contributed by atoms with Gasteiger partial charge in [0, 0.05) is 12.2 Å². The Labute approximate surface area is 168 Å². The topological polar surface area (TPSA) is 92.5 Å². The summed E-state index contributed by atoms with van der Waals surface area (Å²) in [6.45, 7) is 1.02. The van der Waals surface area contributed by atoms with Crippen LogP contribution < -0.4 is 4.90 Å². The standard InChI is InChI=1S/C19H18F2N2O7/c20-13-11(18-26-5-6-27-18)10-12-16(14(13)21)30-22-17(12)23-8(7-28-19(23)24)15(10)29-9-3-1-2-4-25-9/h8-9,15,18H,1-7H2/t8-,9?,15+/m1/s1. The number of halogens is 2. The fourth-order valence-corrected chi connectivity index (χ4v) is 4.60. The van der Waals surface area contributed by atoms with E-state index in [1.807, 2.05) is 0 Å². The van der Waals surface area contributed by atoms with Gasteiger partial charge in [0.05, 0.1) is 24.2 Å². The Morgan fingerprint density at radius 1 is 1.03 bits per heavy atom. The molecule has 160 valence electrons. The number of ether oxygens (including phenoxy) is 5. The number of fused-ring (bicyclic) bond motifs is 2. The zero-order valence-electron chi connectivity index (χ0n) is 15.8. The lowest BCUT2D eigenvalue weighted by Gasteiger charge is -2.37. The molecule has 2 aromatic rings. The lowest BCUT2D eigenvalue weighted by Crippen LogP contribution is -2.44. The van der Waals surface area contributed by atoms with E-state index in [0.717, 1.165) is 12.8 Å². The van der Waals surface area contributed by atoms with Gasteiger partial charge < -0.3 is 28.2 Å². The third-order valence-electron chi connectivity index (χ3n) is 5.92. The number of nitrogens with zero attached hydrogens (tertiary/aromatic N) is 2. The molecule has 0 saturated carbocycles. The zero-order chi connectivity index (χ0) is 20.4. The van der Waals surface area contributed by atoms with Crippen LogP contribution in [-0.2, 0) is 23.7 Å². The molecule has 4 aliphatic heterocycles. The van der Waals surface area contributed by atoms with E-state index >= 15 is 4.39 Å². The molecule has 5 heterocycles. The van der Waals surface area contributed by atoms with Crippen LogP contribution in [0, 0.1) is 11.6 Å². The van der Waals surface area contributed by atoms with Crippen LogP contribution in [0.3, 0.4) is 0 Å². The van der Waals surface area contributed by atoms with E-state index in [1.165, 1.54) is 4.90 Å². The number of amides is 1. The van der Waals surface area contributed by atoms with Gasteiger partial charge in [-0.3, -0.25) is 0 Å². The van der Waals surface area contributed by atoms with Crippen molar-refractivity contribution in [1.29, 1.82) is 0 Å². The van der Waals surface area contributed by atoms with Crippen molar-refractivity contribution in [3.63, 3.8) is 0 Å². The first-order valence-corrected chi connectivity index (χ1v) is 9.91. The van der Waals surface area contributed by atoms with E-state index in [0.29, 0.717) is 18.6 Å². The molecule has 4 aliphatic rings.